The number of nitrogens with one attached hydrogen (secondary N) is 1. The molecule has 9 rings (SSSR count). The molecule has 6 heterocycles. The van der Waals surface area contributed by atoms with E-state index >= 15 is 4.79 Å². The average Bonchev–Trinajstić information content (AvgIpc) is 3.86. The first kappa shape index (κ1) is 39.1. The number of aromatic amines is 1. The van der Waals surface area contributed by atoms with E-state index in [0.717, 1.165) is 33.4 Å². The van der Waals surface area contributed by atoms with Gasteiger partial charge in [0.15, 0.2) is 6.10 Å². The topological polar surface area (TPSA) is 154 Å². The van der Waals surface area contributed by atoms with Crippen LogP contribution in [0.1, 0.15) is 68.8 Å². The predicted molar refractivity (Wildman–Crippen MR) is 216 cm³/mol. The van der Waals surface area contributed by atoms with Crippen molar-refractivity contribution in [2.24, 2.45) is 11.3 Å². The molecule has 1 spiro atoms. The van der Waals surface area contributed by atoms with Gasteiger partial charge in [-0.25, -0.2) is 4.79 Å². The van der Waals surface area contributed by atoms with Crippen LogP contribution in [0.5, 0.6) is 5.75 Å². The number of nitrogens with zero attached hydrogens (tertiary/aromatic N) is 3. The lowest BCUT2D eigenvalue weighted by Crippen LogP contribution is -2.81. The second-order valence-corrected chi connectivity index (χ2v) is 18.1. The molecule has 3 aromatic rings. The number of anilines is 1. The molecular formula is C45H56N4O9. The molecule has 1 aromatic heterocycles. The van der Waals surface area contributed by atoms with Crippen molar-refractivity contribution in [1.82, 2.24) is 14.8 Å². The van der Waals surface area contributed by atoms with Crippen LogP contribution in [0.3, 0.4) is 0 Å². The van der Waals surface area contributed by atoms with Gasteiger partial charge in [0.05, 0.1) is 33.0 Å². The Morgan fingerprint density at radius 3 is 2.45 bits per heavy atom. The van der Waals surface area contributed by atoms with Gasteiger partial charge < -0.3 is 39.0 Å². The third-order valence-electron chi connectivity index (χ3n) is 15.0. The third kappa shape index (κ3) is 4.99. The molecule has 6 aliphatic rings. The van der Waals surface area contributed by atoms with Gasteiger partial charge in [-0.1, -0.05) is 37.3 Å². The largest absolute Gasteiger partial charge is 0.496 e. The minimum Gasteiger partial charge on any atom is -0.496 e. The highest BCUT2D eigenvalue weighted by Crippen LogP contribution is 2.68. The number of benzene rings is 2. The Bertz CT molecular complexity index is 2240. The second-order valence-electron chi connectivity index (χ2n) is 18.1. The monoisotopic (exact) mass is 796 g/mol. The standard InChI is InChI=1S/C45H56N4O9/c1-8-42-15-11-17-49-19-16-43(36(42)49)30-20-31(34(55-5)21-33(30)47(4)37(43)45(54,40(52)57-7)38(42)58-26(2)50)44(39(51)56-6)23-27-22-41(3,53)25-48(24-27)18-14-29-28-12-9-10-13-32(28)46-35(29)44/h9-13,15,20-21,27,36-38,46,53-54H,8,14,16-19,22-25H2,1-7H3/t27-,36-,37+,38+,41+,42+,43+,44+,45-/m0/s1. The van der Waals surface area contributed by atoms with Gasteiger partial charge in [0.1, 0.15) is 11.2 Å². The summed E-state index contributed by atoms with van der Waals surface area (Å²) in [5.74, 6) is -1.58. The fraction of sp³-hybridized carbons (Fsp3) is 0.578. The molecule has 10 atom stereocenters. The Kier molecular flexibility index (Phi) is 8.95. The molecule has 13 heteroatoms. The molecule has 13 nitrogen and oxygen atoms in total. The van der Waals surface area contributed by atoms with Crippen LogP contribution in [0.25, 0.3) is 10.9 Å². The van der Waals surface area contributed by atoms with Crippen LogP contribution in [0.2, 0.25) is 0 Å². The highest BCUT2D eigenvalue weighted by molar-refractivity contribution is 5.95. The van der Waals surface area contributed by atoms with Crippen molar-refractivity contribution in [3.63, 3.8) is 0 Å². The number of aromatic nitrogens is 1. The Morgan fingerprint density at radius 1 is 0.983 bits per heavy atom. The van der Waals surface area contributed by atoms with Gasteiger partial charge in [-0.3, -0.25) is 19.4 Å². The van der Waals surface area contributed by atoms with Gasteiger partial charge in [-0.05, 0) is 74.8 Å². The molecule has 1 saturated carbocycles. The first-order valence-electron chi connectivity index (χ1n) is 20.7. The van der Waals surface area contributed by atoms with Crippen molar-refractivity contribution in [3.05, 3.63) is 70.9 Å². The number of methoxy groups -OCH3 is 3. The number of para-hydroxylation sites is 1. The molecule has 1 aliphatic carbocycles. The van der Waals surface area contributed by atoms with Gasteiger partial charge in [0.25, 0.3) is 0 Å². The summed E-state index contributed by atoms with van der Waals surface area (Å²) in [5, 5.41) is 26.0. The van der Waals surface area contributed by atoms with E-state index in [0.29, 0.717) is 76.1 Å². The van der Waals surface area contributed by atoms with Crippen molar-refractivity contribution < 1.29 is 43.5 Å². The lowest BCUT2D eigenvalue weighted by atomic mass is 9.47. The highest BCUT2D eigenvalue weighted by Gasteiger charge is 2.80. The molecule has 3 fully saturated rings. The number of carbonyl (C=O) groups excluding carboxylic acids is 3. The number of hydrogen-bond donors (Lipinski definition) is 3. The molecule has 2 bridgehead atoms. The van der Waals surface area contributed by atoms with Crippen molar-refractivity contribution in [2.75, 3.05) is 66.0 Å². The SMILES string of the molecule is CC[C@]12C=CCN3CC[C@@]4(c5cc([C@]6(C(=O)OC)C[C@H]7CN(CCc8c6[nH]c6ccccc86)C[C@](C)(O)C7)c(OC)cc5N(C)[C@H]4[C@@](O)(C(=O)OC)[C@@H]1OC(C)=O)[C@@H]32. The lowest BCUT2D eigenvalue weighted by molar-refractivity contribution is -0.228. The average molecular weight is 797 g/mol. The zero-order valence-corrected chi connectivity index (χ0v) is 34.6. The van der Waals surface area contributed by atoms with E-state index in [1.54, 1.807) is 7.11 Å². The van der Waals surface area contributed by atoms with Crippen LogP contribution in [0, 0.1) is 11.3 Å². The molecule has 2 aromatic carbocycles. The highest BCUT2D eigenvalue weighted by atomic mass is 16.6. The molecule has 1 unspecified atom stereocenters. The Morgan fingerprint density at radius 2 is 1.74 bits per heavy atom. The number of hydrogen-bond acceptors (Lipinski definition) is 12. The Hall–Kier alpha value is -4.43. The molecule has 58 heavy (non-hydrogen) atoms. The van der Waals surface area contributed by atoms with E-state index in [-0.39, 0.29) is 12.0 Å². The third-order valence-corrected chi connectivity index (χ3v) is 15.0. The number of ether oxygens (including phenoxy) is 4. The number of piperidine rings is 1. The van der Waals surface area contributed by atoms with E-state index in [9.17, 15) is 19.8 Å². The number of H-pyrrole nitrogens is 1. The zero-order valence-electron chi connectivity index (χ0n) is 34.6. The Balaban J connectivity index is 1.37. The van der Waals surface area contributed by atoms with Gasteiger partial charge >= 0.3 is 17.9 Å². The normalized spacial score (nSPS) is 37.4. The summed E-state index contributed by atoms with van der Waals surface area (Å²) in [6, 6.07) is 10.9. The molecule has 5 aliphatic heterocycles. The van der Waals surface area contributed by atoms with Crippen LogP contribution in [-0.2, 0) is 45.8 Å². The van der Waals surface area contributed by atoms with Crippen LogP contribution in [0.15, 0.2) is 48.6 Å². The van der Waals surface area contributed by atoms with Crippen molar-refractivity contribution in [3.8, 4) is 5.75 Å². The smallest absolute Gasteiger partial charge is 0.344 e. The zero-order chi connectivity index (χ0) is 41.2. The number of esters is 3. The fourth-order valence-electron chi connectivity index (χ4n) is 13.4. The fourth-order valence-corrected chi connectivity index (χ4v) is 13.4. The first-order chi connectivity index (χ1) is 27.7. The summed E-state index contributed by atoms with van der Waals surface area (Å²) < 4.78 is 23.9. The summed E-state index contributed by atoms with van der Waals surface area (Å²) in [4.78, 5) is 53.0. The van der Waals surface area contributed by atoms with E-state index in [1.807, 2.05) is 56.1 Å². The summed E-state index contributed by atoms with van der Waals surface area (Å²) in [7, 11) is 6.14. The molecule has 3 N–H and O–H groups in total. The van der Waals surface area contributed by atoms with Crippen LogP contribution >= 0.6 is 0 Å². The number of aliphatic hydroxyl groups is 2. The maximum absolute atomic E-state index is 15.3. The lowest BCUT2D eigenvalue weighted by Gasteiger charge is -2.63. The second kappa shape index (κ2) is 13.3. The van der Waals surface area contributed by atoms with Crippen LogP contribution in [-0.4, -0.2) is 133 Å². The van der Waals surface area contributed by atoms with Crippen LogP contribution in [0.4, 0.5) is 5.69 Å². The molecule has 310 valence electrons. The van der Waals surface area contributed by atoms with Gasteiger partial charge in [-0.2, -0.15) is 0 Å². The summed E-state index contributed by atoms with van der Waals surface area (Å²) in [6.45, 7) is 8.44. The maximum Gasteiger partial charge on any atom is 0.344 e. The van der Waals surface area contributed by atoms with Gasteiger partial charge in [0, 0.05) is 90.9 Å². The molecule has 0 radical (unpaired) electrons. The minimum atomic E-state index is -2.30. The minimum absolute atomic E-state index is 0.103. The van der Waals surface area contributed by atoms with Crippen molar-refractivity contribution in [2.45, 2.75) is 93.1 Å². The summed E-state index contributed by atoms with van der Waals surface area (Å²) in [5.41, 5.74) is -1.68. The first-order valence-corrected chi connectivity index (χ1v) is 20.7. The Labute approximate surface area is 339 Å². The molecular weight excluding hydrogens is 741 g/mol. The summed E-state index contributed by atoms with van der Waals surface area (Å²) in [6.07, 6.45) is 5.32. The van der Waals surface area contributed by atoms with Crippen LogP contribution < -0.4 is 9.64 Å². The maximum atomic E-state index is 15.3. The number of likely N-dealkylation sites (N-methyl/N-ethyl adjacent to an activating group) is 1. The van der Waals surface area contributed by atoms with E-state index in [4.69, 9.17) is 18.9 Å². The van der Waals surface area contributed by atoms with E-state index < -0.39 is 57.5 Å². The van der Waals surface area contributed by atoms with Crippen molar-refractivity contribution in [1.29, 1.82) is 0 Å². The number of rotatable bonds is 6. The molecule has 2 saturated heterocycles. The van der Waals surface area contributed by atoms with E-state index in [1.165, 1.54) is 21.1 Å². The number of carbonyl (C=O) groups is 3. The van der Waals surface area contributed by atoms with Gasteiger partial charge in [0.2, 0.25) is 5.60 Å². The quantitative estimate of drug-likeness (QED) is 0.190. The van der Waals surface area contributed by atoms with Crippen molar-refractivity contribution >= 4 is 34.5 Å². The van der Waals surface area contributed by atoms with E-state index in [2.05, 4.69) is 33.0 Å². The molecule has 0 amide bonds. The number of fused-ring (bicyclic) bond motifs is 6. The van der Waals surface area contributed by atoms with Gasteiger partial charge in [-0.15, -0.1) is 0 Å². The summed E-state index contributed by atoms with van der Waals surface area (Å²) >= 11 is 0. The predicted octanol–water partition coefficient (Wildman–Crippen LogP) is 3.60.